The highest BCUT2D eigenvalue weighted by Gasteiger charge is 2.16. The minimum atomic E-state index is -0.274. The summed E-state index contributed by atoms with van der Waals surface area (Å²) in [6.45, 7) is 5.92. The number of guanidine groups is 1. The van der Waals surface area contributed by atoms with Crippen LogP contribution >= 0.6 is 0 Å². The second-order valence-corrected chi connectivity index (χ2v) is 6.91. The molecular formula is C20H31FN6O. The lowest BCUT2D eigenvalue weighted by molar-refractivity contribution is 0.223. The van der Waals surface area contributed by atoms with Crippen LogP contribution in [0, 0.1) is 5.82 Å². The zero-order valence-corrected chi connectivity index (χ0v) is 17.3. The van der Waals surface area contributed by atoms with E-state index in [0.717, 1.165) is 18.1 Å². The van der Waals surface area contributed by atoms with Crippen molar-refractivity contribution in [1.29, 1.82) is 0 Å². The van der Waals surface area contributed by atoms with Gasteiger partial charge in [0.25, 0.3) is 0 Å². The highest BCUT2D eigenvalue weighted by molar-refractivity contribution is 5.79. The fraction of sp³-hybridized carbons (Fsp3) is 0.500. The summed E-state index contributed by atoms with van der Waals surface area (Å²) in [6.07, 6.45) is 3.79. The zero-order chi connectivity index (χ0) is 20.5. The number of halogens is 1. The van der Waals surface area contributed by atoms with Gasteiger partial charge >= 0.3 is 0 Å². The van der Waals surface area contributed by atoms with Crippen LogP contribution in [0.5, 0.6) is 5.75 Å². The Kier molecular flexibility index (Phi) is 8.25. The summed E-state index contributed by atoms with van der Waals surface area (Å²) in [5.41, 5.74) is 1.13. The molecule has 0 fully saturated rings. The quantitative estimate of drug-likeness (QED) is 0.508. The molecule has 1 aromatic carbocycles. The second-order valence-electron chi connectivity index (χ2n) is 6.91. The molecule has 0 radical (unpaired) electrons. The minimum Gasteiger partial charge on any atom is -0.489 e. The van der Waals surface area contributed by atoms with Crippen molar-refractivity contribution in [2.24, 2.45) is 12.0 Å². The summed E-state index contributed by atoms with van der Waals surface area (Å²) >= 11 is 0. The molecule has 2 unspecified atom stereocenters. The van der Waals surface area contributed by atoms with Gasteiger partial charge in [-0.3, -0.25) is 9.67 Å². The number of likely N-dealkylation sites (N-methyl/N-ethyl adjacent to an activating group) is 1. The van der Waals surface area contributed by atoms with E-state index in [9.17, 15) is 4.39 Å². The molecule has 1 heterocycles. The molecule has 2 rings (SSSR count). The number of aliphatic imine (C=N–C) groups is 1. The van der Waals surface area contributed by atoms with Gasteiger partial charge in [-0.25, -0.2) is 4.39 Å². The number of hydrogen-bond acceptors (Lipinski definition) is 4. The topological polar surface area (TPSA) is 66.7 Å². The lowest BCUT2D eigenvalue weighted by Gasteiger charge is -2.22. The maximum atomic E-state index is 13.0. The van der Waals surface area contributed by atoms with Crippen molar-refractivity contribution in [3.63, 3.8) is 0 Å². The molecule has 0 spiro atoms. The number of benzene rings is 1. The fourth-order valence-corrected chi connectivity index (χ4v) is 2.73. The summed E-state index contributed by atoms with van der Waals surface area (Å²) in [4.78, 5) is 6.85. The van der Waals surface area contributed by atoms with E-state index in [1.165, 1.54) is 12.1 Å². The van der Waals surface area contributed by atoms with Gasteiger partial charge in [-0.2, -0.15) is 5.10 Å². The van der Waals surface area contributed by atoms with Crippen molar-refractivity contribution in [2.45, 2.75) is 26.0 Å². The Morgan fingerprint density at radius 3 is 2.57 bits per heavy atom. The molecule has 0 saturated carbocycles. The van der Waals surface area contributed by atoms with Gasteiger partial charge in [0.1, 0.15) is 17.7 Å². The van der Waals surface area contributed by atoms with Gasteiger partial charge in [-0.05, 0) is 52.2 Å². The molecule has 0 aliphatic carbocycles. The lowest BCUT2D eigenvalue weighted by atomic mass is 10.1. The Morgan fingerprint density at radius 2 is 2.00 bits per heavy atom. The fourth-order valence-electron chi connectivity index (χ4n) is 2.73. The molecule has 154 valence electrons. The van der Waals surface area contributed by atoms with Crippen molar-refractivity contribution < 1.29 is 9.13 Å². The number of aromatic nitrogens is 2. The standard InChI is InChI=1S/C20H31FN6O/c1-6-22-20(23-11-15(2)28-18-9-7-17(21)8-10-18)24-13-19(26(3)4)16-12-25-27(5)14-16/h7-10,12,14-15,19H,6,11,13H2,1-5H3,(H2,22,23,24). The Morgan fingerprint density at radius 1 is 1.29 bits per heavy atom. The maximum Gasteiger partial charge on any atom is 0.191 e. The van der Waals surface area contributed by atoms with E-state index in [2.05, 4.69) is 20.6 Å². The monoisotopic (exact) mass is 390 g/mol. The summed E-state index contributed by atoms with van der Waals surface area (Å²) in [7, 11) is 5.98. The molecule has 2 N–H and O–H groups in total. The first kappa shape index (κ1) is 21.7. The van der Waals surface area contributed by atoms with Crippen molar-refractivity contribution in [2.75, 3.05) is 33.7 Å². The van der Waals surface area contributed by atoms with E-state index in [4.69, 9.17) is 9.73 Å². The number of aryl methyl sites for hydroxylation is 1. The molecule has 0 bridgehead atoms. The SMILES string of the molecule is CCNC(=NCC(c1cnn(C)c1)N(C)C)NCC(C)Oc1ccc(F)cc1. The Hall–Kier alpha value is -2.61. The number of ether oxygens (including phenoxy) is 1. The molecule has 0 saturated heterocycles. The number of nitrogens with zero attached hydrogens (tertiary/aromatic N) is 4. The predicted octanol–water partition coefficient (Wildman–Crippen LogP) is 2.18. The molecule has 0 aliphatic heterocycles. The van der Waals surface area contributed by atoms with Crippen molar-refractivity contribution in [1.82, 2.24) is 25.3 Å². The zero-order valence-electron chi connectivity index (χ0n) is 17.3. The van der Waals surface area contributed by atoms with Crippen LogP contribution in [0.15, 0.2) is 41.7 Å². The molecule has 2 atom stereocenters. The lowest BCUT2D eigenvalue weighted by Crippen LogP contribution is -2.42. The van der Waals surface area contributed by atoms with E-state index in [1.807, 2.05) is 47.4 Å². The van der Waals surface area contributed by atoms with Crippen molar-refractivity contribution >= 4 is 5.96 Å². The van der Waals surface area contributed by atoms with Gasteiger partial charge in [0.15, 0.2) is 5.96 Å². The van der Waals surface area contributed by atoms with Crippen LogP contribution in [0.25, 0.3) is 0 Å². The van der Waals surface area contributed by atoms with Crippen LogP contribution in [-0.2, 0) is 7.05 Å². The average Bonchev–Trinajstić information content (AvgIpc) is 3.07. The Balaban J connectivity index is 1.94. The van der Waals surface area contributed by atoms with Crippen LogP contribution < -0.4 is 15.4 Å². The van der Waals surface area contributed by atoms with E-state index in [-0.39, 0.29) is 18.0 Å². The number of hydrogen-bond donors (Lipinski definition) is 2. The van der Waals surface area contributed by atoms with E-state index in [1.54, 1.807) is 16.8 Å². The van der Waals surface area contributed by atoms with Crippen LogP contribution in [-0.4, -0.2) is 60.5 Å². The van der Waals surface area contributed by atoms with E-state index >= 15 is 0 Å². The molecule has 0 amide bonds. The highest BCUT2D eigenvalue weighted by atomic mass is 19.1. The van der Waals surface area contributed by atoms with Crippen LogP contribution in [0.2, 0.25) is 0 Å². The summed E-state index contributed by atoms with van der Waals surface area (Å²) < 4.78 is 20.6. The first-order valence-electron chi connectivity index (χ1n) is 9.48. The third-order valence-corrected chi connectivity index (χ3v) is 4.21. The third kappa shape index (κ3) is 6.84. The van der Waals surface area contributed by atoms with Gasteiger partial charge in [0, 0.05) is 25.4 Å². The van der Waals surface area contributed by atoms with Crippen molar-refractivity contribution in [3.8, 4) is 5.75 Å². The average molecular weight is 391 g/mol. The van der Waals surface area contributed by atoms with Crippen LogP contribution in [0.3, 0.4) is 0 Å². The molecule has 8 heteroatoms. The van der Waals surface area contributed by atoms with E-state index in [0.29, 0.717) is 18.8 Å². The van der Waals surface area contributed by atoms with Gasteiger partial charge in [0.05, 0.1) is 25.3 Å². The van der Waals surface area contributed by atoms with Crippen molar-refractivity contribution in [3.05, 3.63) is 48.0 Å². The van der Waals surface area contributed by atoms with E-state index < -0.39 is 0 Å². The third-order valence-electron chi connectivity index (χ3n) is 4.21. The second kappa shape index (κ2) is 10.7. The largest absolute Gasteiger partial charge is 0.489 e. The smallest absolute Gasteiger partial charge is 0.191 e. The predicted molar refractivity (Wildman–Crippen MR) is 110 cm³/mol. The summed E-state index contributed by atoms with van der Waals surface area (Å²) in [5, 5.41) is 10.8. The molecular weight excluding hydrogens is 359 g/mol. The molecule has 7 nitrogen and oxygen atoms in total. The number of nitrogens with one attached hydrogen (secondary N) is 2. The molecule has 1 aromatic heterocycles. The number of rotatable bonds is 9. The van der Waals surface area contributed by atoms with Gasteiger partial charge in [0.2, 0.25) is 0 Å². The summed E-state index contributed by atoms with van der Waals surface area (Å²) in [5.74, 6) is 1.10. The Labute approximate surface area is 166 Å². The first-order chi connectivity index (χ1) is 13.4. The highest BCUT2D eigenvalue weighted by Crippen LogP contribution is 2.17. The van der Waals surface area contributed by atoms with Crippen LogP contribution in [0.1, 0.15) is 25.5 Å². The molecule has 28 heavy (non-hydrogen) atoms. The van der Waals surface area contributed by atoms with Gasteiger partial charge in [-0.1, -0.05) is 0 Å². The first-order valence-corrected chi connectivity index (χ1v) is 9.48. The Bertz CT molecular complexity index is 743. The van der Waals surface area contributed by atoms with Crippen LogP contribution in [0.4, 0.5) is 4.39 Å². The minimum absolute atomic E-state index is 0.0997. The normalized spacial score (nSPS) is 14.0. The molecule has 0 aliphatic rings. The van der Waals surface area contributed by atoms with Gasteiger partial charge in [-0.15, -0.1) is 0 Å². The van der Waals surface area contributed by atoms with Gasteiger partial charge < -0.3 is 20.3 Å². The summed E-state index contributed by atoms with van der Waals surface area (Å²) in [6, 6.07) is 6.17. The molecule has 2 aromatic rings. The maximum absolute atomic E-state index is 13.0.